The lowest BCUT2D eigenvalue weighted by molar-refractivity contribution is -0.212. The molecule has 0 aliphatic carbocycles. The Balaban J connectivity index is 1.66. The SMILES string of the molecule is Cc1cnc(C(=O)N2C[C@@H]3COCC[C@]3(O)[C@H]3COCC[C@H]32)[nH]1. The monoisotopic (exact) mass is 321 g/mol. The fourth-order valence-electron chi connectivity index (χ4n) is 4.35. The molecule has 7 heteroatoms. The van der Waals surface area contributed by atoms with E-state index in [1.165, 1.54) is 0 Å². The van der Waals surface area contributed by atoms with E-state index in [1.807, 2.05) is 11.8 Å². The fraction of sp³-hybridized carbons (Fsp3) is 0.750. The highest BCUT2D eigenvalue weighted by atomic mass is 16.5. The number of aromatic nitrogens is 2. The molecule has 2 N–H and O–H groups in total. The van der Waals surface area contributed by atoms with Crippen LogP contribution in [0.25, 0.3) is 0 Å². The average molecular weight is 321 g/mol. The Morgan fingerprint density at radius 2 is 2.26 bits per heavy atom. The maximum atomic E-state index is 12.9. The molecule has 1 aromatic heterocycles. The third-order valence-electron chi connectivity index (χ3n) is 5.62. The Morgan fingerprint density at radius 1 is 1.43 bits per heavy atom. The number of amides is 1. The van der Waals surface area contributed by atoms with E-state index in [4.69, 9.17) is 9.47 Å². The van der Waals surface area contributed by atoms with Gasteiger partial charge in [-0.25, -0.2) is 4.98 Å². The van der Waals surface area contributed by atoms with Crippen molar-refractivity contribution in [3.05, 3.63) is 17.7 Å². The van der Waals surface area contributed by atoms with Crippen LogP contribution in [-0.2, 0) is 9.47 Å². The summed E-state index contributed by atoms with van der Waals surface area (Å²) in [6.45, 7) is 4.57. The molecule has 0 unspecified atom stereocenters. The number of ether oxygens (including phenoxy) is 2. The van der Waals surface area contributed by atoms with Crippen molar-refractivity contribution in [3.8, 4) is 0 Å². The molecule has 0 spiro atoms. The smallest absolute Gasteiger partial charge is 0.289 e. The number of carbonyl (C=O) groups is 1. The van der Waals surface area contributed by atoms with Gasteiger partial charge in [0, 0.05) is 55.9 Å². The lowest BCUT2D eigenvalue weighted by Crippen LogP contribution is -2.68. The highest BCUT2D eigenvalue weighted by Gasteiger charge is 2.56. The molecule has 3 saturated heterocycles. The van der Waals surface area contributed by atoms with Crippen molar-refractivity contribution in [2.75, 3.05) is 33.0 Å². The van der Waals surface area contributed by atoms with Crippen molar-refractivity contribution in [3.63, 3.8) is 0 Å². The van der Waals surface area contributed by atoms with E-state index < -0.39 is 5.60 Å². The number of fused-ring (bicyclic) bond motifs is 3. The number of aryl methyl sites for hydroxylation is 1. The summed E-state index contributed by atoms with van der Waals surface area (Å²) in [5, 5.41) is 11.2. The number of nitrogens with zero attached hydrogens (tertiary/aromatic N) is 2. The van der Waals surface area contributed by atoms with Crippen molar-refractivity contribution >= 4 is 5.91 Å². The minimum absolute atomic E-state index is 0.000932. The summed E-state index contributed by atoms with van der Waals surface area (Å²) in [6.07, 6.45) is 3.04. The molecule has 1 amide bonds. The Labute approximate surface area is 135 Å². The summed E-state index contributed by atoms with van der Waals surface area (Å²) in [5.74, 6) is 0.149. The molecule has 3 fully saturated rings. The second-order valence-corrected chi connectivity index (χ2v) is 6.92. The number of hydrogen-bond acceptors (Lipinski definition) is 5. The van der Waals surface area contributed by atoms with Crippen LogP contribution in [0.2, 0.25) is 0 Å². The molecule has 1 aromatic rings. The first kappa shape index (κ1) is 15.1. The molecule has 0 saturated carbocycles. The number of aliphatic hydroxyl groups is 1. The van der Waals surface area contributed by atoms with Gasteiger partial charge in [0.05, 0.1) is 18.8 Å². The number of likely N-dealkylation sites (tertiary alicyclic amines) is 1. The van der Waals surface area contributed by atoms with Gasteiger partial charge in [-0.05, 0) is 13.3 Å². The van der Waals surface area contributed by atoms with Crippen molar-refractivity contribution < 1.29 is 19.4 Å². The van der Waals surface area contributed by atoms with Gasteiger partial charge in [-0.2, -0.15) is 0 Å². The Morgan fingerprint density at radius 3 is 3.04 bits per heavy atom. The summed E-state index contributed by atoms with van der Waals surface area (Å²) in [4.78, 5) is 22.0. The summed E-state index contributed by atoms with van der Waals surface area (Å²) in [6, 6.07) is 0.000932. The van der Waals surface area contributed by atoms with Crippen LogP contribution >= 0.6 is 0 Å². The van der Waals surface area contributed by atoms with Crippen molar-refractivity contribution in [2.24, 2.45) is 11.8 Å². The molecule has 4 heterocycles. The van der Waals surface area contributed by atoms with Crippen molar-refractivity contribution in [1.29, 1.82) is 0 Å². The topological polar surface area (TPSA) is 87.7 Å². The number of rotatable bonds is 1. The number of nitrogens with one attached hydrogen (secondary N) is 1. The highest BCUT2D eigenvalue weighted by Crippen LogP contribution is 2.44. The molecule has 23 heavy (non-hydrogen) atoms. The second-order valence-electron chi connectivity index (χ2n) is 6.92. The van der Waals surface area contributed by atoms with Crippen LogP contribution in [0.4, 0.5) is 0 Å². The number of piperidine rings is 1. The molecule has 0 bridgehead atoms. The van der Waals surface area contributed by atoms with E-state index in [9.17, 15) is 9.90 Å². The van der Waals surface area contributed by atoms with E-state index in [1.54, 1.807) is 6.20 Å². The van der Waals surface area contributed by atoms with Crippen LogP contribution in [0.15, 0.2) is 6.20 Å². The third-order valence-corrected chi connectivity index (χ3v) is 5.62. The first-order chi connectivity index (χ1) is 11.1. The van der Waals surface area contributed by atoms with Gasteiger partial charge in [-0.1, -0.05) is 0 Å². The first-order valence-electron chi connectivity index (χ1n) is 8.30. The number of hydrogen-bond donors (Lipinski definition) is 2. The molecule has 3 aliphatic rings. The Kier molecular flexibility index (Phi) is 3.66. The second kappa shape index (κ2) is 5.58. The number of imidazole rings is 1. The molecular formula is C16H23N3O4. The van der Waals surface area contributed by atoms with Crippen LogP contribution in [-0.4, -0.2) is 70.5 Å². The Hall–Kier alpha value is -1.44. The van der Waals surface area contributed by atoms with Gasteiger partial charge in [0.2, 0.25) is 0 Å². The maximum absolute atomic E-state index is 12.9. The molecule has 0 aromatic carbocycles. The molecule has 4 rings (SSSR count). The predicted octanol–water partition coefficient (Wildman–Crippen LogP) is 0.347. The van der Waals surface area contributed by atoms with E-state index in [0.717, 1.165) is 12.1 Å². The summed E-state index contributed by atoms with van der Waals surface area (Å²) >= 11 is 0. The zero-order valence-corrected chi connectivity index (χ0v) is 13.3. The highest BCUT2D eigenvalue weighted by molar-refractivity contribution is 5.91. The van der Waals surface area contributed by atoms with Crippen LogP contribution < -0.4 is 0 Å². The van der Waals surface area contributed by atoms with Crippen molar-refractivity contribution in [2.45, 2.75) is 31.4 Å². The van der Waals surface area contributed by atoms with E-state index in [0.29, 0.717) is 45.2 Å². The first-order valence-corrected chi connectivity index (χ1v) is 8.30. The van der Waals surface area contributed by atoms with Crippen LogP contribution in [0.5, 0.6) is 0 Å². The molecule has 0 radical (unpaired) electrons. The van der Waals surface area contributed by atoms with Gasteiger partial charge < -0.3 is 24.5 Å². The minimum atomic E-state index is -0.792. The third kappa shape index (κ3) is 2.38. The van der Waals surface area contributed by atoms with Gasteiger partial charge in [0.1, 0.15) is 0 Å². The minimum Gasteiger partial charge on any atom is -0.389 e. The maximum Gasteiger partial charge on any atom is 0.289 e. The van der Waals surface area contributed by atoms with Gasteiger partial charge in [-0.15, -0.1) is 0 Å². The summed E-state index contributed by atoms with van der Waals surface area (Å²) in [7, 11) is 0. The number of carbonyl (C=O) groups excluding carboxylic acids is 1. The van der Waals surface area contributed by atoms with Crippen LogP contribution in [0, 0.1) is 18.8 Å². The largest absolute Gasteiger partial charge is 0.389 e. The molecular weight excluding hydrogens is 298 g/mol. The molecule has 3 aliphatic heterocycles. The normalized spacial score (nSPS) is 37.1. The molecule has 4 atom stereocenters. The predicted molar refractivity (Wildman–Crippen MR) is 81.0 cm³/mol. The van der Waals surface area contributed by atoms with Crippen molar-refractivity contribution in [1.82, 2.24) is 14.9 Å². The summed E-state index contributed by atoms with van der Waals surface area (Å²) in [5.41, 5.74) is 0.0746. The quantitative estimate of drug-likeness (QED) is 0.779. The summed E-state index contributed by atoms with van der Waals surface area (Å²) < 4.78 is 11.2. The van der Waals surface area contributed by atoms with Gasteiger partial charge in [-0.3, -0.25) is 4.79 Å². The average Bonchev–Trinajstić information content (AvgIpc) is 3.00. The van der Waals surface area contributed by atoms with E-state index >= 15 is 0 Å². The van der Waals surface area contributed by atoms with Gasteiger partial charge in [0.25, 0.3) is 5.91 Å². The zero-order chi connectivity index (χ0) is 16.0. The number of H-pyrrole nitrogens is 1. The zero-order valence-electron chi connectivity index (χ0n) is 13.3. The standard InChI is InChI=1S/C16H23N3O4/c1-10-6-17-14(18-10)15(20)19-7-11-8-23-5-3-16(11,21)12-9-22-4-2-13(12)19/h6,11-13,21H,2-5,7-9H2,1H3,(H,17,18)/t11-,12+,13-,16-/m1/s1. The molecule has 126 valence electrons. The fourth-order valence-corrected chi connectivity index (χ4v) is 4.35. The van der Waals surface area contributed by atoms with Gasteiger partial charge in [0.15, 0.2) is 5.82 Å². The Bertz CT molecular complexity index is 604. The number of aromatic amines is 1. The van der Waals surface area contributed by atoms with Crippen LogP contribution in [0.3, 0.4) is 0 Å². The van der Waals surface area contributed by atoms with E-state index in [-0.39, 0.29) is 23.8 Å². The van der Waals surface area contributed by atoms with Gasteiger partial charge >= 0.3 is 0 Å². The lowest BCUT2D eigenvalue weighted by atomic mass is 9.66. The van der Waals surface area contributed by atoms with E-state index in [2.05, 4.69) is 9.97 Å². The molecule has 7 nitrogen and oxygen atoms in total. The lowest BCUT2D eigenvalue weighted by Gasteiger charge is -2.56. The van der Waals surface area contributed by atoms with Crippen LogP contribution in [0.1, 0.15) is 29.2 Å².